The monoisotopic (exact) mass is 424 g/mol. The van der Waals surface area contributed by atoms with E-state index in [4.69, 9.17) is 0 Å². The molecule has 5 heteroatoms. The van der Waals surface area contributed by atoms with Crippen LogP contribution < -0.4 is 0 Å². The number of benzene rings is 2. The molecule has 4 atom stereocenters. The first kappa shape index (κ1) is 20.6. The third-order valence-corrected chi connectivity index (χ3v) is 7.68. The van der Waals surface area contributed by atoms with Gasteiger partial charge in [0.1, 0.15) is 11.6 Å². The Morgan fingerprint density at radius 1 is 1.06 bits per heavy atom. The molecule has 3 aliphatic rings. The van der Waals surface area contributed by atoms with Gasteiger partial charge >= 0.3 is 0 Å². The standard InChI is InChI=1S/C26H30F2N2O/c1-17-6-4-9-22(28)25(17)26(31)29-15-19-14-20(16-29)24(30-11-3-2-10-23(19)30)13-18-7-5-8-21(27)12-18/h4-9,12,19-20,23-24H,2-3,10-11,13-16H2,1H3/t19-,20+,23+,24+/m1/s1. The Bertz CT molecular complexity index is 957. The molecular weight excluding hydrogens is 394 g/mol. The molecule has 3 saturated heterocycles. The van der Waals surface area contributed by atoms with E-state index < -0.39 is 5.82 Å². The minimum absolute atomic E-state index is 0.181. The fourth-order valence-corrected chi connectivity index (χ4v) is 6.32. The van der Waals surface area contributed by atoms with Crippen LogP contribution in [0.4, 0.5) is 8.78 Å². The van der Waals surface area contributed by atoms with Crippen molar-refractivity contribution in [2.75, 3.05) is 19.6 Å². The lowest BCUT2D eigenvalue weighted by molar-refractivity contribution is -0.0643. The van der Waals surface area contributed by atoms with E-state index in [1.54, 1.807) is 31.2 Å². The molecule has 0 N–H and O–H groups in total. The first-order valence-corrected chi connectivity index (χ1v) is 11.6. The highest BCUT2D eigenvalue weighted by atomic mass is 19.1. The zero-order chi connectivity index (χ0) is 21.5. The number of aryl methyl sites for hydroxylation is 1. The summed E-state index contributed by atoms with van der Waals surface area (Å²) < 4.78 is 28.4. The van der Waals surface area contributed by atoms with Crippen molar-refractivity contribution in [3.63, 3.8) is 0 Å². The fraction of sp³-hybridized carbons (Fsp3) is 0.500. The summed E-state index contributed by atoms with van der Waals surface area (Å²) in [6.07, 6.45) is 5.47. The molecule has 1 amide bonds. The average Bonchev–Trinajstić information content (AvgIpc) is 2.76. The topological polar surface area (TPSA) is 23.6 Å². The molecule has 0 saturated carbocycles. The van der Waals surface area contributed by atoms with Crippen LogP contribution in [-0.4, -0.2) is 47.4 Å². The smallest absolute Gasteiger partial charge is 0.257 e. The lowest BCUT2D eigenvalue weighted by Crippen LogP contribution is -2.64. The van der Waals surface area contributed by atoms with Gasteiger partial charge in [-0.3, -0.25) is 9.69 Å². The van der Waals surface area contributed by atoms with Crippen molar-refractivity contribution >= 4 is 5.91 Å². The molecule has 0 radical (unpaired) electrons. The number of halogens is 2. The quantitative estimate of drug-likeness (QED) is 0.705. The van der Waals surface area contributed by atoms with Gasteiger partial charge < -0.3 is 4.90 Å². The molecule has 3 nitrogen and oxygen atoms in total. The van der Waals surface area contributed by atoms with Gasteiger partial charge in [-0.15, -0.1) is 0 Å². The molecule has 5 rings (SSSR count). The van der Waals surface area contributed by atoms with Crippen LogP contribution in [0.3, 0.4) is 0 Å². The number of piperidine rings is 3. The molecule has 0 aliphatic carbocycles. The van der Waals surface area contributed by atoms with Crippen molar-refractivity contribution in [1.29, 1.82) is 0 Å². The Kier molecular flexibility index (Phi) is 5.55. The Morgan fingerprint density at radius 2 is 1.87 bits per heavy atom. The molecule has 3 heterocycles. The van der Waals surface area contributed by atoms with E-state index in [0.717, 1.165) is 31.4 Å². The van der Waals surface area contributed by atoms with Gasteiger partial charge in [-0.1, -0.05) is 30.7 Å². The van der Waals surface area contributed by atoms with Crippen LogP contribution in [0.2, 0.25) is 0 Å². The van der Waals surface area contributed by atoms with Gasteiger partial charge in [-0.25, -0.2) is 8.78 Å². The van der Waals surface area contributed by atoms with Crippen molar-refractivity contribution in [2.24, 2.45) is 11.8 Å². The highest BCUT2D eigenvalue weighted by Gasteiger charge is 2.48. The van der Waals surface area contributed by atoms with Crippen LogP contribution in [-0.2, 0) is 6.42 Å². The lowest BCUT2D eigenvalue weighted by atomic mass is 9.71. The van der Waals surface area contributed by atoms with Gasteiger partial charge in [0, 0.05) is 25.2 Å². The Hall–Kier alpha value is -2.27. The van der Waals surface area contributed by atoms with Crippen LogP contribution in [0.15, 0.2) is 42.5 Å². The van der Waals surface area contributed by atoms with Crippen LogP contribution in [0.1, 0.15) is 47.2 Å². The zero-order valence-corrected chi connectivity index (χ0v) is 18.1. The van der Waals surface area contributed by atoms with Gasteiger partial charge in [0.25, 0.3) is 5.91 Å². The molecule has 0 unspecified atom stereocenters. The largest absolute Gasteiger partial charge is 0.338 e. The number of nitrogens with zero attached hydrogens (tertiary/aromatic N) is 2. The van der Waals surface area contributed by atoms with Gasteiger partial charge in [0.05, 0.1) is 5.56 Å². The molecule has 2 bridgehead atoms. The summed E-state index contributed by atoms with van der Waals surface area (Å²) in [5.41, 5.74) is 1.92. The minimum atomic E-state index is -0.434. The van der Waals surface area contributed by atoms with E-state index in [2.05, 4.69) is 4.90 Å². The maximum Gasteiger partial charge on any atom is 0.257 e. The second-order valence-corrected chi connectivity index (χ2v) is 9.60. The number of likely N-dealkylation sites (tertiary alicyclic amines) is 1. The van der Waals surface area contributed by atoms with Crippen LogP contribution >= 0.6 is 0 Å². The Balaban J connectivity index is 1.44. The Morgan fingerprint density at radius 3 is 2.68 bits per heavy atom. The maximum atomic E-state index is 14.5. The van der Waals surface area contributed by atoms with E-state index in [0.29, 0.717) is 42.6 Å². The van der Waals surface area contributed by atoms with Crippen molar-refractivity contribution in [1.82, 2.24) is 9.80 Å². The number of amides is 1. The first-order chi connectivity index (χ1) is 15.0. The highest BCUT2D eigenvalue weighted by Crippen LogP contribution is 2.42. The molecule has 2 aromatic rings. The molecule has 3 aliphatic heterocycles. The molecule has 2 aromatic carbocycles. The SMILES string of the molecule is Cc1cccc(F)c1C(=O)N1C[C@H]2C[C@@H](C1)[C@H](Cc1cccc(F)c1)N1CCCC[C@@H]21. The summed E-state index contributed by atoms with van der Waals surface area (Å²) in [6.45, 7) is 4.23. The number of rotatable bonds is 3. The molecule has 164 valence electrons. The number of carbonyl (C=O) groups excluding carboxylic acids is 1. The molecule has 31 heavy (non-hydrogen) atoms. The van der Waals surface area contributed by atoms with E-state index in [-0.39, 0.29) is 17.3 Å². The van der Waals surface area contributed by atoms with Crippen LogP contribution in [0, 0.1) is 30.4 Å². The van der Waals surface area contributed by atoms with E-state index in [1.807, 2.05) is 11.0 Å². The second kappa shape index (κ2) is 8.34. The number of carbonyl (C=O) groups is 1. The van der Waals surface area contributed by atoms with Crippen molar-refractivity contribution in [2.45, 2.75) is 51.1 Å². The highest BCUT2D eigenvalue weighted by molar-refractivity contribution is 5.96. The number of fused-ring (bicyclic) bond motifs is 4. The van der Waals surface area contributed by atoms with Crippen molar-refractivity contribution < 1.29 is 13.6 Å². The zero-order valence-electron chi connectivity index (χ0n) is 18.1. The van der Waals surface area contributed by atoms with Gasteiger partial charge in [0.2, 0.25) is 0 Å². The van der Waals surface area contributed by atoms with Crippen LogP contribution in [0.5, 0.6) is 0 Å². The minimum Gasteiger partial charge on any atom is -0.338 e. The first-order valence-electron chi connectivity index (χ1n) is 11.6. The average molecular weight is 425 g/mol. The van der Waals surface area contributed by atoms with Crippen molar-refractivity contribution in [3.8, 4) is 0 Å². The summed E-state index contributed by atoms with van der Waals surface area (Å²) in [4.78, 5) is 17.9. The van der Waals surface area contributed by atoms with Gasteiger partial charge in [-0.2, -0.15) is 0 Å². The summed E-state index contributed by atoms with van der Waals surface area (Å²) in [5, 5.41) is 0. The summed E-state index contributed by atoms with van der Waals surface area (Å²) in [5.74, 6) is -0.0569. The van der Waals surface area contributed by atoms with E-state index >= 15 is 0 Å². The van der Waals surface area contributed by atoms with E-state index in [1.165, 1.54) is 25.0 Å². The molecular formula is C26H30F2N2O. The molecule has 0 spiro atoms. The summed E-state index contributed by atoms with van der Waals surface area (Å²) in [7, 11) is 0. The van der Waals surface area contributed by atoms with Gasteiger partial charge in [-0.05, 0) is 80.3 Å². The second-order valence-electron chi connectivity index (χ2n) is 9.60. The fourth-order valence-electron chi connectivity index (χ4n) is 6.32. The predicted octanol–water partition coefficient (Wildman–Crippen LogP) is 4.83. The summed E-state index contributed by atoms with van der Waals surface area (Å²) >= 11 is 0. The maximum absolute atomic E-state index is 14.5. The van der Waals surface area contributed by atoms with Gasteiger partial charge in [0.15, 0.2) is 0 Å². The lowest BCUT2D eigenvalue weighted by Gasteiger charge is -2.57. The third-order valence-electron chi connectivity index (χ3n) is 7.68. The molecule has 3 fully saturated rings. The predicted molar refractivity (Wildman–Crippen MR) is 117 cm³/mol. The molecule has 0 aromatic heterocycles. The number of hydrogen-bond acceptors (Lipinski definition) is 2. The Labute approximate surface area is 183 Å². The third kappa shape index (κ3) is 3.89. The summed E-state index contributed by atoms with van der Waals surface area (Å²) in [6, 6.07) is 12.5. The van der Waals surface area contributed by atoms with Crippen molar-refractivity contribution in [3.05, 3.63) is 70.8 Å². The van der Waals surface area contributed by atoms with E-state index in [9.17, 15) is 13.6 Å². The number of hydrogen-bond donors (Lipinski definition) is 0. The van der Waals surface area contributed by atoms with Crippen LogP contribution in [0.25, 0.3) is 0 Å². The normalized spacial score (nSPS) is 28.3.